The monoisotopic (exact) mass is 519 g/mol. The van der Waals surface area contributed by atoms with Crippen molar-refractivity contribution in [1.29, 1.82) is 0 Å². The van der Waals surface area contributed by atoms with Gasteiger partial charge in [0.25, 0.3) is 5.91 Å². The first-order chi connectivity index (χ1) is 16.7. The molecular formula is C23H17ClF3N5O2S. The Balaban J connectivity index is 1.34. The number of nitrogens with zero attached hydrogens (tertiary/aromatic N) is 3. The molecule has 2 aromatic carbocycles. The molecule has 0 spiro atoms. The van der Waals surface area contributed by atoms with Crippen LogP contribution in [-0.4, -0.2) is 32.8 Å². The number of nitrogens with one attached hydrogen (secondary N) is 2. The van der Waals surface area contributed by atoms with Gasteiger partial charge in [0.15, 0.2) is 0 Å². The lowest BCUT2D eigenvalue weighted by Crippen LogP contribution is -2.40. The van der Waals surface area contributed by atoms with Crippen LogP contribution in [0.2, 0.25) is 5.02 Å². The molecule has 0 aliphatic heterocycles. The number of halogens is 4. The normalized spacial score (nSPS) is 14.6. The second kappa shape index (κ2) is 8.65. The zero-order valence-electron chi connectivity index (χ0n) is 17.9. The summed E-state index contributed by atoms with van der Waals surface area (Å²) in [5.41, 5.74) is -0.480. The Bertz CT molecular complexity index is 1430. The number of alkyl halides is 3. The minimum atomic E-state index is -4.59. The molecule has 1 fully saturated rings. The van der Waals surface area contributed by atoms with Crippen LogP contribution in [-0.2, 0) is 11.3 Å². The van der Waals surface area contributed by atoms with Crippen molar-refractivity contribution in [3.63, 3.8) is 0 Å². The molecule has 2 N–H and O–H groups in total. The van der Waals surface area contributed by atoms with Gasteiger partial charge in [0.05, 0.1) is 28.0 Å². The van der Waals surface area contributed by atoms with Crippen molar-refractivity contribution in [1.82, 2.24) is 20.1 Å². The van der Waals surface area contributed by atoms with Gasteiger partial charge in [-0.25, -0.2) is 9.67 Å². The Morgan fingerprint density at radius 1 is 1.20 bits per heavy atom. The van der Waals surface area contributed by atoms with Crippen molar-refractivity contribution < 1.29 is 22.8 Å². The van der Waals surface area contributed by atoms with Crippen LogP contribution in [0.5, 0.6) is 0 Å². The van der Waals surface area contributed by atoms with Crippen LogP contribution >= 0.6 is 22.9 Å². The molecule has 1 saturated carbocycles. The zero-order valence-corrected chi connectivity index (χ0v) is 19.5. The van der Waals surface area contributed by atoms with E-state index in [1.807, 2.05) is 11.4 Å². The van der Waals surface area contributed by atoms with Gasteiger partial charge in [-0.3, -0.25) is 9.59 Å². The average molecular weight is 520 g/mol. The second-order valence-corrected chi connectivity index (χ2v) is 9.42. The fourth-order valence-electron chi connectivity index (χ4n) is 3.79. The lowest BCUT2D eigenvalue weighted by atomic mass is 10.1. The summed E-state index contributed by atoms with van der Waals surface area (Å²) in [4.78, 5) is 29.4. The number of thiazole rings is 1. The number of rotatable bonds is 6. The Morgan fingerprint density at radius 2 is 2.00 bits per heavy atom. The Hall–Kier alpha value is -3.44. The molecule has 1 aliphatic carbocycles. The van der Waals surface area contributed by atoms with Gasteiger partial charge >= 0.3 is 6.18 Å². The number of carbonyl (C=O) groups is 2. The smallest absolute Gasteiger partial charge is 0.351 e. The Labute approximate surface area is 205 Å². The third-order valence-corrected chi connectivity index (χ3v) is 6.99. The molecule has 2 aromatic heterocycles. The molecule has 0 unspecified atom stereocenters. The van der Waals surface area contributed by atoms with E-state index in [1.54, 1.807) is 35.3 Å². The van der Waals surface area contributed by atoms with Crippen LogP contribution in [0, 0.1) is 5.41 Å². The van der Waals surface area contributed by atoms with E-state index in [2.05, 4.69) is 20.7 Å². The molecule has 0 bridgehead atoms. The van der Waals surface area contributed by atoms with Gasteiger partial charge in [0.2, 0.25) is 11.0 Å². The number of anilines is 1. The lowest BCUT2D eigenvalue weighted by molar-refractivity contribution is -0.192. The molecule has 7 nitrogen and oxygen atoms in total. The predicted molar refractivity (Wildman–Crippen MR) is 126 cm³/mol. The van der Waals surface area contributed by atoms with Crippen molar-refractivity contribution in [2.24, 2.45) is 5.41 Å². The molecular weight excluding hydrogens is 503 g/mol. The third-order valence-electron chi connectivity index (χ3n) is 5.92. The third kappa shape index (κ3) is 4.25. The van der Waals surface area contributed by atoms with Gasteiger partial charge in [-0.2, -0.15) is 18.3 Å². The van der Waals surface area contributed by atoms with E-state index in [0.717, 1.165) is 5.52 Å². The van der Waals surface area contributed by atoms with Crippen LogP contribution in [0.3, 0.4) is 0 Å². The number of hydrogen-bond donors (Lipinski definition) is 2. The fourth-order valence-corrected chi connectivity index (χ4v) is 4.61. The molecule has 2 heterocycles. The minimum Gasteiger partial charge on any atom is -0.351 e. The molecule has 0 atom stereocenters. The van der Waals surface area contributed by atoms with Gasteiger partial charge in [0.1, 0.15) is 5.41 Å². The summed E-state index contributed by atoms with van der Waals surface area (Å²) in [6.07, 6.45) is -1.74. The predicted octanol–water partition coefficient (Wildman–Crippen LogP) is 5.35. The van der Waals surface area contributed by atoms with E-state index in [9.17, 15) is 22.8 Å². The topological polar surface area (TPSA) is 88.9 Å². The van der Waals surface area contributed by atoms with Gasteiger partial charge < -0.3 is 10.6 Å². The Morgan fingerprint density at radius 3 is 2.69 bits per heavy atom. The van der Waals surface area contributed by atoms with E-state index >= 15 is 0 Å². The maximum absolute atomic E-state index is 13.2. The van der Waals surface area contributed by atoms with Crippen LogP contribution in [0.25, 0.3) is 16.0 Å². The highest BCUT2D eigenvalue weighted by atomic mass is 35.5. The zero-order chi connectivity index (χ0) is 24.8. The minimum absolute atomic E-state index is 0.125. The highest BCUT2D eigenvalue weighted by Crippen LogP contribution is 2.57. The largest absolute Gasteiger partial charge is 0.403 e. The molecule has 5 rings (SSSR count). The lowest BCUT2D eigenvalue weighted by Gasteiger charge is -2.18. The van der Waals surface area contributed by atoms with Crippen molar-refractivity contribution in [3.8, 4) is 5.13 Å². The first-order valence-corrected chi connectivity index (χ1v) is 11.8. The summed E-state index contributed by atoms with van der Waals surface area (Å²) in [7, 11) is 0. The van der Waals surface area contributed by atoms with Crippen LogP contribution in [0.15, 0.2) is 54.2 Å². The number of fused-ring (bicyclic) bond motifs is 1. The summed E-state index contributed by atoms with van der Waals surface area (Å²) >= 11 is 7.65. The maximum Gasteiger partial charge on any atom is 0.403 e. The number of amides is 2. The molecule has 1 aliphatic rings. The van der Waals surface area contributed by atoms with Crippen molar-refractivity contribution in [2.75, 3.05) is 5.32 Å². The molecule has 4 aromatic rings. The van der Waals surface area contributed by atoms with Gasteiger partial charge in [0, 0.05) is 23.5 Å². The van der Waals surface area contributed by atoms with Gasteiger partial charge in [-0.05, 0) is 42.7 Å². The van der Waals surface area contributed by atoms with Crippen molar-refractivity contribution in [2.45, 2.75) is 25.6 Å². The van der Waals surface area contributed by atoms with Gasteiger partial charge in [-0.15, -0.1) is 11.3 Å². The maximum atomic E-state index is 13.2. The van der Waals surface area contributed by atoms with E-state index in [1.165, 1.54) is 23.5 Å². The number of carbonyl (C=O) groups excluding carboxylic acids is 2. The van der Waals surface area contributed by atoms with E-state index in [0.29, 0.717) is 21.8 Å². The van der Waals surface area contributed by atoms with E-state index in [-0.39, 0.29) is 30.0 Å². The first kappa shape index (κ1) is 23.3. The molecule has 0 radical (unpaired) electrons. The van der Waals surface area contributed by atoms with Crippen LogP contribution < -0.4 is 10.6 Å². The number of benzene rings is 2. The standard InChI is InChI=1S/C23H17ClF3N5O2S/c24-16-5-4-13(11-29-20(34)22(6-7-22)23(25,26)27)10-14(16)19(33)31-17-2-1-3-18-15(17)12-30-32(18)21-28-8-9-35-21/h1-5,8-10,12H,6-7,11H2,(H,29,34)(H,31,33). The van der Waals surface area contributed by atoms with Gasteiger partial charge in [-0.1, -0.05) is 23.7 Å². The van der Waals surface area contributed by atoms with E-state index < -0.39 is 23.4 Å². The quantitative estimate of drug-likeness (QED) is 0.359. The SMILES string of the molecule is O=C(Nc1cccc2c1cnn2-c1nccs1)c1cc(CNC(=O)C2(C(F)(F)F)CC2)ccc1Cl. The Kier molecular flexibility index (Phi) is 5.76. The summed E-state index contributed by atoms with van der Waals surface area (Å²) < 4.78 is 41.1. The van der Waals surface area contributed by atoms with Crippen LogP contribution in [0.4, 0.5) is 18.9 Å². The highest BCUT2D eigenvalue weighted by Gasteiger charge is 2.68. The first-order valence-electron chi connectivity index (χ1n) is 10.5. The molecule has 35 heavy (non-hydrogen) atoms. The van der Waals surface area contributed by atoms with E-state index in [4.69, 9.17) is 11.6 Å². The summed E-state index contributed by atoms with van der Waals surface area (Å²) in [6.45, 7) is -0.162. The number of hydrogen-bond acceptors (Lipinski definition) is 5. The van der Waals surface area contributed by atoms with Crippen LogP contribution in [0.1, 0.15) is 28.8 Å². The van der Waals surface area contributed by atoms with Crippen molar-refractivity contribution >= 4 is 51.3 Å². The summed E-state index contributed by atoms with van der Waals surface area (Å²) in [5.74, 6) is -1.57. The molecule has 0 saturated heterocycles. The average Bonchev–Trinajstić information content (AvgIpc) is 3.27. The summed E-state index contributed by atoms with van der Waals surface area (Å²) in [5, 5.41) is 12.9. The van der Waals surface area contributed by atoms with Crippen molar-refractivity contribution in [3.05, 3.63) is 70.3 Å². The second-order valence-electron chi connectivity index (χ2n) is 8.14. The summed E-state index contributed by atoms with van der Waals surface area (Å²) in [6, 6.07) is 9.80. The molecule has 2 amide bonds. The molecule has 180 valence electrons. The number of aromatic nitrogens is 3. The fraction of sp³-hybridized carbons (Fsp3) is 0.217. The molecule has 12 heteroatoms. The highest BCUT2D eigenvalue weighted by molar-refractivity contribution is 7.12.